The summed E-state index contributed by atoms with van der Waals surface area (Å²) < 4.78 is 0. The summed E-state index contributed by atoms with van der Waals surface area (Å²) >= 11 is 0. The summed E-state index contributed by atoms with van der Waals surface area (Å²) in [6.07, 6.45) is 0. The second kappa shape index (κ2) is 18.0. The van der Waals surface area contributed by atoms with E-state index in [9.17, 15) is 0 Å². The van der Waals surface area contributed by atoms with Crippen molar-refractivity contribution in [3.05, 3.63) is 0 Å². The molecule has 0 amide bonds. The molecular formula is H5CuFeLiSn. The summed E-state index contributed by atoms with van der Waals surface area (Å²) in [6.45, 7) is 0. The molecule has 0 heterocycles. The van der Waals surface area contributed by atoms with Crippen LogP contribution in [0.25, 0.3) is 0 Å². The van der Waals surface area contributed by atoms with Crippen LogP contribution >= 0.6 is 0 Å². The molecule has 29 valence electrons. The van der Waals surface area contributed by atoms with Crippen LogP contribution in [-0.4, -0.2) is 23.9 Å². The van der Waals surface area contributed by atoms with E-state index in [1.165, 1.54) is 0 Å². The van der Waals surface area contributed by atoms with Gasteiger partial charge in [-0.05, 0) is 0 Å². The van der Waals surface area contributed by atoms with Crippen molar-refractivity contribution >= 4 is 23.9 Å². The normalized spacial score (nSPS) is 0. The fourth-order valence-electron chi connectivity index (χ4n) is 0. The van der Waals surface area contributed by atoms with Crippen LogP contribution in [0.1, 0.15) is 1.43 Å². The van der Waals surface area contributed by atoms with Gasteiger partial charge in [0.05, 0.1) is 0 Å². The van der Waals surface area contributed by atoms with Crippen LogP contribution in [-0.2, 0) is 34.1 Å². The van der Waals surface area contributed by atoms with Crippen molar-refractivity contribution in [2.45, 2.75) is 0 Å². The standard InChI is InChI=1S/Cu.Fe.Li.Sn.5H/q;;+1;;;;;;-1. The van der Waals surface area contributed by atoms with Crippen molar-refractivity contribution in [1.29, 1.82) is 0 Å². The molecule has 0 bridgehead atoms. The molecule has 0 unspecified atom stereocenters. The van der Waals surface area contributed by atoms with E-state index in [-0.39, 0.29) is 78.3 Å². The average molecular weight is 250 g/mol. The molecule has 0 saturated heterocycles. The predicted molar refractivity (Wildman–Crippen MR) is 12.4 cm³/mol. The zero-order valence-corrected chi connectivity index (χ0v) is 3.70. The van der Waals surface area contributed by atoms with E-state index in [1.54, 1.807) is 0 Å². The first kappa shape index (κ1) is 32.1. The van der Waals surface area contributed by atoms with Gasteiger partial charge in [0.2, 0.25) is 0 Å². The van der Waals surface area contributed by atoms with Gasteiger partial charge < -0.3 is 1.43 Å². The van der Waals surface area contributed by atoms with Crippen molar-refractivity contribution < 1.29 is 54.4 Å². The Hall–Kier alpha value is 2.44. The number of rotatable bonds is 0. The van der Waals surface area contributed by atoms with Gasteiger partial charge in [0.25, 0.3) is 0 Å². The van der Waals surface area contributed by atoms with Crippen LogP contribution in [0.4, 0.5) is 0 Å². The first-order valence-electron chi connectivity index (χ1n) is 0. The average Bonchev–Trinajstić information content (AvgIpc) is 0. The van der Waals surface area contributed by atoms with Gasteiger partial charge in [-0.1, -0.05) is 0 Å². The van der Waals surface area contributed by atoms with E-state index >= 15 is 0 Å². The van der Waals surface area contributed by atoms with Crippen LogP contribution in [0.3, 0.4) is 0 Å². The van der Waals surface area contributed by atoms with Crippen molar-refractivity contribution in [1.82, 2.24) is 0 Å². The molecule has 0 atom stereocenters. The summed E-state index contributed by atoms with van der Waals surface area (Å²) in [5.41, 5.74) is 0. The van der Waals surface area contributed by atoms with Crippen molar-refractivity contribution in [2.75, 3.05) is 0 Å². The maximum absolute atomic E-state index is 0. The van der Waals surface area contributed by atoms with Gasteiger partial charge in [0.15, 0.2) is 0 Å². The Morgan fingerprint density at radius 3 is 1.25 bits per heavy atom. The quantitative estimate of drug-likeness (QED) is 0.381. The van der Waals surface area contributed by atoms with Crippen LogP contribution in [0, 0.1) is 0 Å². The fourth-order valence-corrected chi connectivity index (χ4v) is 0. The van der Waals surface area contributed by atoms with E-state index in [0.717, 1.165) is 0 Å². The van der Waals surface area contributed by atoms with Gasteiger partial charge in [-0.25, -0.2) is 0 Å². The number of hydrogen-bond donors (Lipinski definition) is 0. The van der Waals surface area contributed by atoms with Crippen molar-refractivity contribution in [3.63, 3.8) is 0 Å². The molecule has 0 rings (SSSR count). The molecule has 4 heavy (non-hydrogen) atoms. The Balaban J connectivity index is 0. The van der Waals surface area contributed by atoms with Gasteiger partial charge >= 0.3 is 42.8 Å². The molecule has 0 N–H and O–H groups in total. The molecule has 0 aliphatic heterocycles. The zero-order chi connectivity index (χ0) is 0. The van der Waals surface area contributed by atoms with Crippen LogP contribution in [0.5, 0.6) is 0 Å². The Morgan fingerprint density at radius 1 is 1.25 bits per heavy atom. The van der Waals surface area contributed by atoms with Crippen molar-refractivity contribution in [2.24, 2.45) is 0 Å². The third-order valence-electron chi connectivity index (χ3n) is 0. The Morgan fingerprint density at radius 2 is 1.25 bits per heavy atom. The van der Waals surface area contributed by atoms with Gasteiger partial charge in [0, 0.05) is 34.1 Å². The maximum atomic E-state index is 0. The zero-order valence-electron chi connectivity index (χ0n) is 2.66. The van der Waals surface area contributed by atoms with E-state index in [4.69, 9.17) is 0 Å². The van der Waals surface area contributed by atoms with E-state index in [2.05, 4.69) is 0 Å². The molecule has 0 fully saturated rings. The Kier molecular flexibility index (Phi) is 144. The third kappa shape index (κ3) is 8.83. The number of hydrogen-bond acceptors (Lipinski definition) is 0. The minimum atomic E-state index is 0. The first-order valence-corrected chi connectivity index (χ1v) is 0. The Bertz CT molecular complexity index is 11.6. The molecule has 0 aliphatic rings. The molecule has 1 radical (unpaired) electrons. The molecule has 0 spiro atoms. The predicted octanol–water partition coefficient (Wildman–Crippen LogP) is -4.34. The van der Waals surface area contributed by atoms with Crippen LogP contribution in [0.2, 0.25) is 0 Å². The second-order valence-electron chi connectivity index (χ2n) is 0. The van der Waals surface area contributed by atoms with Gasteiger partial charge in [-0.15, -0.1) is 0 Å². The van der Waals surface area contributed by atoms with E-state index < -0.39 is 0 Å². The minimum absolute atomic E-state index is 0. The molecule has 4 heteroatoms. The molecule has 0 aromatic rings. The molecule has 0 aromatic carbocycles. The monoisotopic (exact) mass is 251 g/mol. The van der Waals surface area contributed by atoms with Crippen molar-refractivity contribution in [3.8, 4) is 0 Å². The summed E-state index contributed by atoms with van der Waals surface area (Å²) in [7, 11) is 0. The summed E-state index contributed by atoms with van der Waals surface area (Å²) in [5, 5.41) is 0. The summed E-state index contributed by atoms with van der Waals surface area (Å²) in [4.78, 5) is 0. The van der Waals surface area contributed by atoms with Gasteiger partial charge in [-0.3, -0.25) is 0 Å². The first-order chi connectivity index (χ1) is 0. The molecule has 0 saturated carbocycles. The van der Waals surface area contributed by atoms with E-state index in [1.807, 2.05) is 0 Å². The summed E-state index contributed by atoms with van der Waals surface area (Å²) in [5.74, 6) is 0. The Labute approximate surface area is 77.4 Å². The third-order valence-corrected chi connectivity index (χ3v) is 0. The molecule has 0 nitrogen and oxygen atoms in total. The van der Waals surface area contributed by atoms with Gasteiger partial charge in [0.1, 0.15) is 0 Å². The topological polar surface area (TPSA) is 0 Å². The van der Waals surface area contributed by atoms with E-state index in [0.29, 0.717) is 0 Å². The molecule has 0 aliphatic carbocycles. The second-order valence-corrected chi connectivity index (χ2v) is 0. The van der Waals surface area contributed by atoms with Gasteiger partial charge in [-0.2, -0.15) is 0 Å². The van der Waals surface area contributed by atoms with Crippen LogP contribution < -0.4 is 18.9 Å². The fraction of sp³-hybridized carbons (Fsp3) is 0. The summed E-state index contributed by atoms with van der Waals surface area (Å²) in [6, 6.07) is 0. The van der Waals surface area contributed by atoms with Crippen LogP contribution in [0.15, 0.2) is 0 Å². The molecule has 0 aromatic heterocycles. The molecular weight excluding hydrogens is 245 g/mol. The SMILES string of the molecule is [Cu].[Fe].[H-].[Li+].[SnH4].